The van der Waals surface area contributed by atoms with Gasteiger partial charge in [0.25, 0.3) is 0 Å². The van der Waals surface area contributed by atoms with Gasteiger partial charge in [0.05, 0.1) is 0 Å². The van der Waals surface area contributed by atoms with Crippen molar-refractivity contribution in [1.82, 2.24) is 5.32 Å². The van der Waals surface area contributed by atoms with Gasteiger partial charge in [-0.3, -0.25) is 9.59 Å². The van der Waals surface area contributed by atoms with Gasteiger partial charge in [-0.1, -0.05) is 6.42 Å². The van der Waals surface area contributed by atoms with Gasteiger partial charge in [-0.15, -0.1) is 0 Å². The molecule has 88 valence electrons. The summed E-state index contributed by atoms with van der Waals surface area (Å²) in [6, 6.07) is 0. The number of nitrogens with one attached hydrogen (secondary N) is 1. The lowest BCUT2D eigenvalue weighted by molar-refractivity contribution is -0.154. The number of carbonyl (C=O) groups excluding carboxylic acids is 2. The van der Waals surface area contributed by atoms with Crippen LogP contribution in [0.3, 0.4) is 0 Å². The van der Waals surface area contributed by atoms with Crippen LogP contribution in [0.1, 0.15) is 46.5 Å². The van der Waals surface area contributed by atoms with Crippen LogP contribution in [0.25, 0.3) is 0 Å². The van der Waals surface area contributed by atoms with E-state index in [2.05, 4.69) is 5.32 Å². The quantitative estimate of drug-likeness (QED) is 0.399. The molecular weight excluding hydrogens is 194 g/mol. The summed E-state index contributed by atoms with van der Waals surface area (Å²) in [5.41, 5.74) is -0.393. The highest BCUT2D eigenvalue weighted by atomic mass is 16.6. The molecule has 0 heterocycles. The molecule has 0 aliphatic carbocycles. The number of esters is 1. The summed E-state index contributed by atoms with van der Waals surface area (Å²) in [5.74, 6) is -0.147. The first-order valence-corrected chi connectivity index (χ1v) is 5.34. The highest BCUT2D eigenvalue weighted by Gasteiger charge is 2.15. The van der Waals surface area contributed by atoms with Gasteiger partial charge in [0.2, 0.25) is 6.41 Å². The summed E-state index contributed by atoms with van der Waals surface area (Å²) in [4.78, 5) is 21.2. The fraction of sp³-hybridized carbons (Fsp3) is 0.818. The third-order valence-corrected chi connectivity index (χ3v) is 1.71. The van der Waals surface area contributed by atoms with Crippen molar-refractivity contribution in [1.29, 1.82) is 0 Å². The second-order valence-electron chi connectivity index (χ2n) is 4.47. The van der Waals surface area contributed by atoms with E-state index in [1.807, 2.05) is 20.8 Å². The maximum atomic E-state index is 11.3. The molecule has 1 N–H and O–H groups in total. The molecule has 1 amide bonds. The average Bonchev–Trinajstić information content (AvgIpc) is 2.08. The molecule has 15 heavy (non-hydrogen) atoms. The smallest absolute Gasteiger partial charge is 0.306 e. The number of carbonyl (C=O) groups is 2. The summed E-state index contributed by atoms with van der Waals surface area (Å²) < 4.78 is 5.15. The minimum Gasteiger partial charge on any atom is -0.460 e. The highest BCUT2D eigenvalue weighted by molar-refractivity contribution is 5.69. The van der Waals surface area contributed by atoms with Crippen LogP contribution in [0.4, 0.5) is 0 Å². The number of hydrogen-bond donors (Lipinski definition) is 1. The predicted octanol–water partition coefficient (Wildman–Crippen LogP) is 1.63. The predicted molar refractivity (Wildman–Crippen MR) is 58.4 cm³/mol. The molecule has 0 saturated carbocycles. The van der Waals surface area contributed by atoms with Gasteiger partial charge in [0.1, 0.15) is 5.60 Å². The molecule has 0 aliphatic rings. The molecular formula is C11H21NO3. The lowest BCUT2D eigenvalue weighted by Gasteiger charge is -2.19. The lowest BCUT2D eigenvalue weighted by atomic mass is 10.1. The SMILES string of the molecule is CC(C)(C)OC(=O)CCCCCNC=O. The third-order valence-electron chi connectivity index (χ3n) is 1.71. The van der Waals surface area contributed by atoms with Crippen molar-refractivity contribution in [3.8, 4) is 0 Å². The number of amides is 1. The second kappa shape index (κ2) is 7.26. The molecule has 0 atom stereocenters. The van der Waals surface area contributed by atoms with Crippen LogP contribution in [-0.2, 0) is 14.3 Å². The molecule has 0 saturated heterocycles. The fourth-order valence-corrected chi connectivity index (χ4v) is 1.12. The standard InChI is InChI=1S/C11H21NO3/c1-11(2,3)15-10(14)7-5-4-6-8-12-9-13/h9H,4-8H2,1-3H3,(H,12,13). The van der Waals surface area contributed by atoms with Crippen LogP contribution in [0, 0.1) is 0 Å². The Morgan fingerprint density at radius 3 is 2.47 bits per heavy atom. The molecule has 0 fully saturated rings. The molecule has 0 bridgehead atoms. The molecule has 0 rings (SSSR count). The minimum absolute atomic E-state index is 0.147. The van der Waals surface area contributed by atoms with Crippen molar-refractivity contribution in [2.75, 3.05) is 6.54 Å². The molecule has 0 aliphatic heterocycles. The molecule has 0 aromatic carbocycles. The number of ether oxygens (including phenoxy) is 1. The zero-order valence-electron chi connectivity index (χ0n) is 9.84. The zero-order valence-corrected chi connectivity index (χ0v) is 9.84. The van der Waals surface area contributed by atoms with Crippen molar-refractivity contribution in [2.24, 2.45) is 0 Å². The Balaban J connectivity index is 3.36. The molecule has 4 nitrogen and oxygen atoms in total. The zero-order chi connectivity index (χ0) is 11.7. The maximum absolute atomic E-state index is 11.3. The first-order valence-electron chi connectivity index (χ1n) is 5.34. The van der Waals surface area contributed by atoms with Crippen molar-refractivity contribution in [3.63, 3.8) is 0 Å². The second-order valence-corrected chi connectivity index (χ2v) is 4.47. The summed E-state index contributed by atoms with van der Waals surface area (Å²) >= 11 is 0. The minimum atomic E-state index is -0.393. The Bertz CT molecular complexity index is 196. The molecule has 0 unspecified atom stereocenters. The van der Waals surface area contributed by atoms with Gasteiger partial charge in [-0.25, -0.2) is 0 Å². The van der Waals surface area contributed by atoms with Crippen LogP contribution in [0.15, 0.2) is 0 Å². The van der Waals surface area contributed by atoms with Crippen molar-refractivity contribution < 1.29 is 14.3 Å². The molecule has 4 heteroatoms. The van der Waals surface area contributed by atoms with Crippen LogP contribution in [0.2, 0.25) is 0 Å². The third kappa shape index (κ3) is 10.9. The summed E-state index contributed by atoms with van der Waals surface area (Å²) in [7, 11) is 0. The van der Waals surface area contributed by atoms with E-state index >= 15 is 0 Å². The van der Waals surface area contributed by atoms with Crippen LogP contribution in [-0.4, -0.2) is 24.5 Å². The van der Waals surface area contributed by atoms with E-state index in [-0.39, 0.29) is 5.97 Å². The van der Waals surface area contributed by atoms with Crippen LogP contribution < -0.4 is 5.32 Å². The topological polar surface area (TPSA) is 55.4 Å². The van der Waals surface area contributed by atoms with Crippen molar-refractivity contribution >= 4 is 12.4 Å². The van der Waals surface area contributed by atoms with Gasteiger partial charge in [0, 0.05) is 13.0 Å². The number of rotatable bonds is 7. The van der Waals surface area contributed by atoms with E-state index in [0.717, 1.165) is 19.3 Å². The molecule has 0 spiro atoms. The van der Waals surface area contributed by atoms with Gasteiger partial charge < -0.3 is 10.1 Å². The Morgan fingerprint density at radius 2 is 1.93 bits per heavy atom. The Hall–Kier alpha value is -1.06. The first-order chi connectivity index (χ1) is 6.95. The van der Waals surface area contributed by atoms with Gasteiger partial charge in [-0.2, -0.15) is 0 Å². The summed E-state index contributed by atoms with van der Waals surface area (Å²) in [6.07, 6.45) is 3.79. The van der Waals surface area contributed by atoms with Crippen molar-refractivity contribution in [3.05, 3.63) is 0 Å². The summed E-state index contributed by atoms with van der Waals surface area (Å²) in [5, 5.41) is 2.58. The Labute approximate surface area is 91.4 Å². The fourth-order valence-electron chi connectivity index (χ4n) is 1.12. The monoisotopic (exact) mass is 215 g/mol. The highest BCUT2D eigenvalue weighted by Crippen LogP contribution is 2.10. The van der Waals surface area contributed by atoms with Crippen LogP contribution in [0.5, 0.6) is 0 Å². The lowest BCUT2D eigenvalue weighted by Crippen LogP contribution is -2.23. The van der Waals surface area contributed by atoms with E-state index < -0.39 is 5.60 Å². The number of unbranched alkanes of at least 4 members (excludes halogenated alkanes) is 2. The molecule has 0 radical (unpaired) electrons. The van der Waals surface area contributed by atoms with Crippen LogP contribution >= 0.6 is 0 Å². The average molecular weight is 215 g/mol. The van der Waals surface area contributed by atoms with Gasteiger partial charge >= 0.3 is 5.97 Å². The van der Waals surface area contributed by atoms with E-state index in [1.165, 1.54) is 0 Å². The van der Waals surface area contributed by atoms with E-state index in [4.69, 9.17) is 4.74 Å². The first kappa shape index (κ1) is 13.9. The molecule has 0 aromatic rings. The van der Waals surface area contributed by atoms with Gasteiger partial charge in [0.15, 0.2) is 0 Å². The largest absolute Gasteiger partial charge is 0.460 e. The Morgan fingerprint density at radius 1 is 1.27 bits per heavy atom. The van der Waals surface area contributed by atoms with E-state index in [0.29, 0.717) is 19.4 Å². The van der Waals surface area contributed by atoms with Gasteiger partial charge in [-0.05, 0) is 33.6 Å². The number of hydrogen-bond acceptors (Lipinski definition) is 3. The Kier molecular flexibility index (Phi) is 6.75. The normalized spacial score (nSPS) is 10.9. The molecule has 0 aromatic heterocycles. The van der Waals surface area contributed by atoms with E-state index in [9.17, 15) is 9.59 Å². The van der Waals surface area contributed by atoms with Crippen molar-refractivity contribution in [2.45, 2.75) is 52.1 Å². The maximum Gasteiger partial charge on any atom is 0.306 e. The summed E-state index contributed by atoms with van der Waals surface area (Å²) in [6.45, 7) is 6.26. The van der Waals surface area contributed by atoms with E-state index in [1.54, 1.807) is 0 Å².